The van der Waals surface area contributed by atoms with E-state index in [1.165, 1.54) is 6.92 Å². The highest BCUT2D eigenvalue weighted by Gasteiger charge is 2.19. The molecule has 3 N–H and O–H groups in total. The molecule has 0 aromatic heterocycles. The molecule has 0 aliphatic heterocycles. The summed E-state index contributed by atoms with van der Waals surface area (Å²) in [7, 11) is 3.56. The van der Waals surface area contributed by atoms with Gasteiger partial charge in [-0.3, -0.25) is 4.79 Å². The first-order valence-corrected chi connectivity index (χ1v) is 4.12. The first-order valence-electron chi connectivity index (χ1n) is 4.12. The molecule has 0 aliphatic carbocycles. The summed E-state index contributed by atoms with van der Waals surface area (Å²) >= 11 is 0. The van der Waals surface area contributed by atoms with Gasteiger partial charge >= 0.3 is 0 Å². The highest BCUT2D eigenvalue weighted by atomic mass is 16.3. The molecule has 78 valence electrons. The third kappa shape index (κ3) is 6.51. The quantitative estimate of drug-likeness (QED) is 0.488. The molecule has 0 rings (SSSR count). The van der Waals surface area contributed by atoms with E-state index >= 15 is 0 Å². The minimum Gasteiger partial charge on any atom is -0.393 e. The molecule has 1 unspecified atom stereocenters. The largest absolute Gasteiger partial charge is 0.393 e. The van der Waals surface area contributed by atoms with E-state index in [1.807, 2.05) is 0 Å². The number of likely N-dealkylation sites (N-methyl/N-ethyl adjacent to an activating group) is 1. The van der Waals surface area contributed by atoms with Crippen LogP contribution in [-0.2, 0) is 4.79 Å². The van der Waals surface area contributed by atoms with Gasteiger partial charge in [0.15, 0.2) is 0 Å². The Kier molecular flexibility index (Phi) is 4.90. The van der Waals surface area contributed by atoms with E-state index in [0.717, 1.165) is 0 Å². The van der Waals surface area contributed by atoms with Crippen molar-refractivity contribution in [2.45, 2.75) is 12.5 Å². The molecule has 0 aliphatic rings. The summed E-state index contributed by atoms with van der Waals surface area (Å²) in [5.41, 5.74) is -1.23. The number of rotatable bonds is 5. The van der Waals surface area contributed by atoms with Crippen LogP contribution >= 0.6 is 0 Å². The van der Waals surface area contributed by atoms with Crippen molar-refractivity contribution in [3.63, 3.8) is 0 Å². The van der Waals surface area contributed by atoms with Crippen molar-refractivity contribution in [3.05, 3.63) is 0 Å². The first kappa shape index (κ1) is 12.3. The minimum atomic E-state index is -1.23. The molecular formula is C8H18N2O3. The molecule has 0 bridgehead atoms. The number of hydrogen-bond donors (Lipinski definition) is 3. The lowest BCUT2D eigenvalue weighted by molar-refractivity contribution is -0.123. The van der Waals surface area contributed by atoms with Crippen molar-refractivity contribution < 1.29 is 15.0 Å². The second-order valence-corrected chi connectivity index (χ2v) is 3.67. The lowest BCUT2D eigenvalue weighted by Gasteiger charge is -2.21. The number of nitrogens with one attached hydrogen (secondary N) is 1. The van der Waals surface area contributed by atoms with E-state index in [9.17, 15) is 9.90 Å². The minimum absolute atomic E-state index is 0.0656. The molecule has 0 heterocycles. The molecule has 0 radical (unpaired) electrons. The van der Waals surface area contributed by atoms with Gasteiger partial charge < -0.3 is 20.4 Å². The summed E-state index contributed by atoms with van der Waals surface area (Å²) in [6.07, 6.45) is 0. The first-order chi connectivity index (χ1) is 5.87. The van der Waals surface area contributed by atoms with E-state index in [-0.39, 0.29) is 25.6 Å². The van der Waals surface area contributed by atoms with Gasteiger partial charge in [-0.25, -0.2) is 0 Å². The highest BCUT2D eigenvalue weighted by Crippen LogP contribution is 1.97. The zero-order valence-corrected chi connectivity index (χ0v) is 8.37. The van der Waals surface area contributed by atoms with Gasteiger partial charge in [0.25, 0.3) is 0 Å². The standard InChI is InChI=1S/C8H18N2O3/c1-8(13,6-11)5-9-7(12)4-10(2)3/h11,13H,4-6H2,1-3H3,(H,9,12). The van der Waals surface area contributed by atoms with E-state index in [4.69, 9.17) is 5.11 Å². The summed E-state index contributed by atoms with van der Waals surface area (Å²) in [4.78, 5) is 12.8. The Morgan fingerprint density at radius 1 is 1.54 bits per heavy atom. The molecule has 5 heteroatoms. The van der Waals surface area contributed by atoms with Gasteiger partial charge in [0.1, 0.15) is 5.60 Å². The summed E-state index contributed by atoms with van der Waals surface area (Å²) in [5, 5.41) is 20.5. The van der Waals surface area contributed by atoms with E-state index in [0.29, 0.717) is 0 Å². The topological polar surface area (TPSA) is 72.8 Å². The Balaban J connectivity index is 3.70. The zero-order chi connectivity index (χ0) is 10.5. The summed E-state index contributed by atoms with van der Waals surface area (Å²) in [6, 6.07) is 0. The van der Waals surface area contributed by atoms with Crippen LogP contribution in [0, 0.1) is 0 Å². The predicted octanol–water partition coefficient (Wildman–Crippen LogP) is -1.59. The van der Waals surface area contributed by atoms with Crippen LogP contribution in [0.5, 0.6) is 0 Å². The van der Waals surface area contributed by atoms with Crippen LogP contribution in [0.2, 0.25) is 0 Å². The Morgan fingerprint density at radius 3 is 2.46 bits per heavy atom. The summed E-state index contributed by atoms with van der Waals surface area (Å²) in [5.74, 6) is -0.168. The number of aliphatic hydroxyl groups is 2. The van der Waals surface area contributed by atoms with Gasteiger partial charge in [0.05, 0.1) is 13.2 Å². The molecule has 0 aromatic rings. The Morgan fingerprint density at radius 2 is 2.08 bits per heavy atom. The second kappa shape index (κ2) is 5.16. The Hall–Kier alpha value is -0.650. The van der Waals surface area contributed by atoms with Crippen LogP contribution in [0.15, 0.2) is 0 Å². The van der Waals surface area contributed by atoms with Gasteiger partial charge in [-0.1, -0.05) is 0 Å². The maximum Gasteiger partial charge on any atom is 0.234 e. The van der Waals surface area contributed by atoms with E-state index < -0.39 is 5.60 Å². The molecule has 0 saturated heterocycles. The van der Waals surface area contributed by atoms with Crippen molar-refractivity contribution >= 4 is 5.91 Å². The zero-order valence-electron chi connectivity index (χ0n) is 8.37. The summed E-state index contributed by atoms with van der Waals surface area (Å²) in [6.45, 7) is 1.44. The van der Waals surface area contributed by atoms with Gasteiger partial charge in [-0.05, 0) is 21.0 Å². The average molecular weight is 190 g/mol. The molecular weight excluding hydrogens is 172 g/mol. The normalized spacial score (nSPS) is 15.5. The van der Waals surface area contributed by atoms with Crippen LogP contribution in [0.25, 0.3) is 0 Å². The number of amides is 1. The fourth-order valence-corrected chi connectivity index (χ4v) is 0.688. The van der Waals surface area contributed by atoms with Crippen molar-refractivity contribution in [3.8, 4) is 0 Å². The molecule has 13 heavy (non-hydrogen) atoms. The molecule has 5 nitrogen and oxygen atoms in total. The number of aliphatic hydroxyl groups excluding tert-OH is 1. The number of carbonyl (C=O) groups excluding carboxylic acids is 1. The van der Waals surface area contributed by atoms with Gasteiger partial charge in [0, 0.05) is 6.54 Å². The predicted molar refractivity (Wildman–Crippen MR) is 49.3 cm³/mol. The SMILES string of the molecule is CN(C)CC(=O)NCC(C)(O)CO. The maximum absolute atomic E-state index is 11.1. The van der Waals surface area contributed by atoms with Crippen molar-refractivity contribution in [2.75, 3.05) is 33.8 Å². The Labute approximate surface area is 78.4 Å². The molecule has 1 atom stereocenters. The maximum atomic E-state index is 11.1. The highest BCUT2D eigenvalue weighted by molar-refractivity contribution is 5.77. The third-order valence-corrected chi connectivity index (χ3v) is 1.47. The van der Waals surface area contributed by atoms with Crippen LogP contribution in [0.3, 0.4) is 0 Å². The van der Waals surface area contributed by atoms with Crippen molar-refractivity contribution in [1.82, 2.24) is 10.2 Å². The van der Waals surface area contributed by atoms with Crippen LogP contribution in [-0.4, -0.2) is 60.4 Å². The smallest absolute Gasteiger partial charge is 0.234 e. The van der Waals surface area contributed by atoms with Gasteiger partial charge in [0.2, 0.25) is 5.91 Å². The second-order valence-electron chi connectivity index (χ2n) is 3.67. The molecule has 0 spiro atoms. The third-order valence-electron chi connectivity index (χ3n) is 1.47. The summed E-state index contributed by atoms with van der Waals surface area (Å²) < 4.78 is 0. The lowest BCUT2D eigenvalue weighted by atomic mass is 10.1. The van der Waals surface area contributed by atoms with Crippen molar-refractivity contribution in [2.24, 2.45) is 0 Å². The average Bonchev–Trinajstić information content (AvgIpc) is 2.00. The Bertz CT molecular complexity index is 169. The van der Waals surface area contributed by atoms with Gasteiger partial charge in [-0.2, -0.15) is 0 Å². The monoisotopic (exact) mass is 190 g/mol. The number of nitrogens with zero attached hydrogens (tertiary/aromatic N) is 1. The van der Waals surface area contributed by atoms with Gasteiger partial charge in [-0.15, -0.1) is 0 Å². The molecule has 0 fully saturated rings. The van der Waals surface area contributed by atoms with E-state index in [2.05, 4.69) is 5.32 Å². The van der Waals surface area contributed by atoms with Crippen molar-refractivity contribution in [1.29, 1.82) is 0 Å². The van der Waals surface area contributed by atoms with Crippen LogP contribution in [0.1, 0.15) is 6.92 Å². The number of carbonyl (C=O) groups is 1. The lowest BCUT2D eigenvalue weighted by Crippen LogP contribution is -2.45. The van der Waals surface area contributed by atoms with Crippen LogP contribution in [0.4, 0.5) is 0 Å². The molecule has 0 saturated carbocycles. The van der Waals surface area contributed by atoms with E-state index in [1.54, 1.807) is 19.0 Å². The van der Waals surface area contributed by atoms with Crippen LogP contribution < -0.4 is 5.32 Å². The fourth-order valence-electron chi connectivity index (χ4n) is 0.688. The fraction of sp³-hybridized carbons (Fsp3) is 0.875. The molecule has 0 aromatic carbocycles. The molecule has 1 amide bonds. The number of hydrogen-bond acceptors (Lipinski definition) is 4.